The van der Waals surface area contributed by atoms with E-state index >= 15 is 0 Å². The van der Waals surface area contributed by atoms with Gasteiger partial charge in [-0.2, -0.15) is 0 Å². The van der Waals surface area contributed by atoms with Crippen molar-refractivity contribution in [2.24, 2.45) is 4.99 Å². The van der Waals surface area contributed by atoms with Crippen molar-refractivity contribution >= 4 is 29.9 Å². The molecule has 28 heavy (non-hydrogen) atoms. The highest BCUT2D eigenvalue weighted by atomic mass is 127. The van der Waals surface area contributed by atoms with Gasteiger partial charge in [0.1, 0.15) is 0 Å². The topological polar surface area (TPSA) is 64.1 Å². The molecule has 2 N–H and O–H groups in total. The SMILES string of the molecule is CN=C(NCCCOC1CCCCC1)NCc1ccc2c(c1)OCCCO2.I. The van der Waals surface area contributed by atoms with E-state index in [1.165, 1.54) is 32.1 Å². The van der Waals surface area contributed by atoms with Crippen molar-refractivity contribution in [3.05, 3.63) is 23.8 Å². The molecule has 0 amide bonds. The van der Waals surface area contributed by atoms with Crippen LogP contribution in [0.1, 0.15) is 50.5 Å². The number of rotatable bonds is 7. The Labute approximate surface area is 185 Å². The van der Waals surface area contributed by atoms with Crippen LogP contribution in [0.4, 0.5) is 0 Å². The van der Waals surface area contributed by atoms with Gasteiger partial charge in [0, 0.05) is 33.2 Å². The van der Waals surface area contributed by atoms with Gasteiger partial charge in [-0.1, -0.05) is 25.3 Å². The average Bonchev–Trinajstić information content (AvgIpc) is 2.96. The maximum Gasteiger partial charge on any atom is 0.191 e. The second-order valence-electron chi connectivity index (χ2n) is 7.17. The Balaban J connectivity index is 0.00000280. The monoisotopic (exact) mass is 503 g/mol. The zero-order chi connectivity index (χ0) is 18.7. The quantitative estimate of drug-likeness (QED) is 0.256. The minimum absolute atomic E-state index is 0. The molecule has 0 radical (unpaired) electrons. The van der Waals surface area contributed by atoms with Crippen LogP contribution in [0, 0.1) is 0 Å². The lowest BCUT2D eigenvalue weighted by Crippen LogP contribution is -2.37. The minimum atomic E-state index is 0. The van der Waals surface area contributed by atoms with Crippen molar-refractivity contribution in [1.29, 1.82) is 0 Å². The second-order valence-corrected chi connectivity index (χ2v) is 7.17. The van der Waals surface area contributed by atoms with Gasteiger partial charge in [0.05, 0.1) is 19.3 Å². The molecule has 2 aliphatic rings. The molecule has 1 aliphatic heterocycles. The first-order valence-electron chi connectivity index (χ1n) is 10.3. The van der Waals surface area contributed by atoms with Crippen LogP contribution in [0.15, 0.2) is 23.2 Å². The first-order chi connectivity index (χ1) is 13.3. The predicted octanol–water partition coefficient (Wildman–Crippen LogP) is 3.87. The van der Waals surface area contributed by atoms with Crippen LogP contribution < -0.4 is 20.1 Å². The third-order valence-electron chi connectivity index (χ3n) is 5.01. The van der Waals surface area contributed by atoms with E-state index in [1.54, 1.807) is 7.05 Å². The van der Waals surface area contributed by atoms with E-state index in [-0.39, 0.29) is 24.0 Å². The minimum Gasteiger partial charge on any atom is -0.490 e. The Hall–Kier alpha value is -1.22. The Morgan fingerprint density at radius 3 is 2.64 bits per heavy atom. The lowest BCUT2D eigenvalue weighted by atomic mass is 9.98. The van der Waals surface area contributed by atoms with Crippen molar-refractivity contribution in [3.8, 4) is 11.5 Å². The largest absolute Gasteiger partial charge is 0.490 e. The summed E-state index contributed by atoms with van der Waals surface area (Å²) >= 11 is 0. The Morgan fingerprint density at radius 1 is 1.07 bits per heavy atom. The van der Waals surface area contributed by atoms with Crippen molar-refractivity contribution in [2.45, 2.75) is 57.6 Å². The van der Waals surface area contributed by atoms with Crippen molar-refractivity contribution in [3.63, 3.8) is 0 Å². The van der Waals surface area contributed by atoms with Crippen molar-refractivity contribution in [1.82, 2.24) is 10.6 Å². The van der Waals surface area contributed by atoms with Gasteiger partial charge in [0.25, 0.3) is 0 Å². The van der Waals surface area contributed by atoms with Crippen LogP contribution in [0.5, 0.6) is 11.5 Å². The van der Waals surface area contributed by atoms with Gasteiger partial charge in [-0.15, -0.1) is 24.0 Å². The summed E-state index contributed by atoms with van der Waals surface area (Å²) in [5, 5.41) is 6.70. The third-order valence-corrected chi connectivity index (χ3v) is 5.01. The summed E-state index contributed by atoms with van der Waals surface area (Å²) in [7, 11) is 1.79. The highest BCUT2D eigenvalue weighted by Gasteiger charge is 2.13. The highest BCUT2D eigenvalue weighted by molar-refractivity contribution is 14.0. The molecular weight excluding hydrogens is 469 g/mol. The Bertz CT molecular complexity index is 607. The summed E-state index contributed by atoms with van der Waals surface area (Å²) in [5.74, 6) is 2.46. The Kier molecular flexibility index (Phi) is 10.8. The number of nitrogens with one attached hydrogen (secondary N) is 2. The summed E-state index contributed by atoms with van der Waals surface area (Å²) in [6.45, 7) is 3.78. The molecule has 6 nitrogen and oxygen atoms in total. The molecule has 0 atom stereocenters. The Morgan fingerprint density at radius 2 is 1.86 bits per heavy atom. The summed E-state index contributed by atoms with van der Waals surface area (Å²) < 4.78 is 17.4. The molecule has 1 fully saturated rings. The van der Waals surface area contributed by atoms with Gasteiger partial charge in [0.2, 0.25) is 0 Å². The van der Waals surface area contributed by atoms with E-state index in [0.29, 0.717) is 25.9 Å². The summed E-state index contributed by atoms with van der Waals surface area (Å²) in [5.41, 5.74) is 1.14. The first kappa shape index (κ1) is 23.1. The molecule has 1 aromatic carbocycles. The summed E-state index contributed by atoms with van der Waals surface area (Å²) in [6, 6.07) is 6.08. The van der Waals surface area contributed by atoms with Gasteiger partial charge in [-0.25, -0.2) is 0 Å². The molecular formula is C21H34IN3O3. The van der Waals surface area contributed by atoms with E-state index in [9.17, 15) is 0 Å². The number of guanidine groups is 1. The lowest BCUT2D eigenvalue weighted by molar-refractivity contribution is 0.0277. The maximum atomic E-state index is 5.96. The molecule has 1 aliphatic carbocycles. The van der Waals surface area contributed by atoms with E-state index in [2.05, 4.69) is 21.7 Å². The zero-order valence-corrected chi connectivity index (χ0v) is 19.2. The number of nitrogens with zero attached hydrogens (tertiary/aromatic N) is 1. The average molecular weight is 503 g/mol. The van der Waals surface area contributed by atoms with Crippen LogP contribution in [0.25, 0.3) is 0 Å². The van der Waals surface area contributed by atoms with Crippen molar-refractivity contribution in [2.75, 3.05) is 33.4 Å². The molecule has 1 saturated carbocycles. The molecule has 158 valence electrons. The first-order valence-corrected chi connectivity index (χ1v) is 10.3. The van der Waals surface area contributed by atoms with Crippen LogP contribution in [-0.2, 0) is 11.3 Å². The smallest absolute Gasteiger partial charge is 0.191 e. The highest BCUT2D eigenvalue weighted by Crippen LogP contribution is 2.30. The number of halogens is 1. The van der Waals surface area contributed by atoms with Crippen molar-refractivity contribution < 1.29 is 14.2 Å². The van der Waals surface area contributed by atoms with Gasteiger partial charge in [-0.05, 0) is 37.0 Å². The maximum absolute atomic E-state index is 5.96. The predicted molar refractivity (Wildman–Crippen MR) is 123 cm³/mol. The summed E-state index contributed by atoms with van der Waals surface area (Å²) in [6.07, 6.45) is 8.85. The van der Waals surface area contributed by atoms with Gasteiger partial charge >= 0.3 is 0 Å². The molecule has 0 unspecified atom stereocenters. The number of aliphatic imine (C=N–C) groups is 1. The fraction of sp³-hybridized carbons (Fsp3) is 0.667. The number of hydrogen-bond donors (Lipinski definition) is 2. The second kappa shape index (κ2) is 13.1. The van der Waals surface area contributed by atoms with Crippen LogP contribution >= 0.6 is 24.0 Å². The van der Waals surface area contributed by atoms with Gasteiger partial charge < -0.3 is 24.8 Å². The third kappa shape index (κ3) is 7.66. The molecule has 0 spiro atoms. The summed E-state index contributed by atoms with van der Waals surface area (Å²) in [4.78, 5) is 4.29. The standard InChI is InChI=1S/C21H33N3O3.HI/c1-22-21(23-11-5-12-25-18-7-3-2-4-8-18)24-16-17-9-10-19-20(15-17)27-14-6-13-26-19;/h9-10,15,18H,2-8,11-14,16H2,1H3,(H2,22,23,24);1H. The molecule has 0 bridgehead atoms. The van der Waals surface area contributed by atoms with E-state index < -0.39 is 0 Å². The number of hydrogen-bond acceptors (Lipinski definition) is 4. The molecule has 3 rings (SSSR count). The van der Waals surface area contributed by atoms with Gasteiger partial charge in [-0.3, -0.25) is 4.99 Å². The van der Waals surface area contributed by atoms with Crippen LogP contribution in [-0.4, -0.2) is 45.5 Å². The molecule has 1 aromatic rings. The molecule has 0 saturated heterocycles. The van der Waals surface area contributed by atoms with Gasteiger partial charge in [0.15, 0.2) is 17.5 Å². The van der Waals surface area contributed by atoms with E-state index in [0.717, 1.165) is 49.0 Å². The van der Waals surface area contributed by atoms with Crippen LogP contribution in [0.3, 0.4) is 0 Å². The van der Waals surface area contributed by atoms with E-state index in [4.69, 9.17) is 14.2 Å². The molecule has 1 heterocycles. The number of benzene rings is 1. The molecule has 7 heteroatoms. The fourth-order valence-electron chi connectivity index (χ4n) is 3.48. The zero-order valence-electron chi connectivity index (χ0n) is 16.9. The van der Waals surface area contributed by atoms with Crippen LogP contribution in [0.2, 0.25) is 0 Å². The normalized spacial score (nSPS) is 17.4. The lowest BCUT2D eigenvalue weighted by Gasteiger charge is -2.22. The fourth-order valence-corrected chi connectivity index (χ4v) is 3.48. The molecule has 0 aromatic heterocycles. The van der Waals surface area contributed by atoms with E-state index in [1.807, 2.05) is 12.1 Å². The number of ether oxygens (including phenoxy) is 3. The number of fused-ring (bicyclic) bond motifs is 1.